The summed E-state index contributed by atoms with van der Waals surface area (Å²) < 4.78 is 0. The number of amides is 5. The zero-order valence-corrected chi connectivity index (χ0v) is 29.5. The molecule has 0 aliphatic rings. The molecule has 0 aliphatic carbocycles. The van der Waals surface area contributed by atoms with Gasteiger partial charge in [0.25, 0.3) is 0 Å². The Hall–Kier alpha value is -4.41. The van der Waals surface area contributed by atoms with Crippen molar-refractivity contribution in [1.82, 2.24) is 31.6 Å². The van der Waals surface area contributed by atoms with Crippen molar-refractivity contribution in [2.24, 2.45) is 23.1 Å². The van der Waals surface area contributed by atoms with Gasteiger partial charge in [0.1, 0.15) is 30.2 Å². The van der Waals surface area contributed by atoms with E-state index in [1.54, 1.807) is 18.2 Å². The predicted octanol–water partition coefficient (Wildman–Crippen LogP) is -0.640. The summed E-state index contributed by atoms with van der Waals surface area (Å²) in [6, 6.07) is -1.52. The van der Waals surface area contributed by atoms with Gasteiger partial charge in [-0.1, -0.05) is 26.0 Å². The van der Waals surface area contributed by atoms with Gasteiger partial charge < -0.3 is 48.9 Å². The number of rotatable bonds is 25. The highest BCUT2D eigenvalue weighted by Gasteiger charge is 2.32. The van der Waals surface area contributed by atoms with Crippen LogP contribution < -0.4 is 43.8 Å². The molecule has 5 amide bonds. The first-order valence-corrected chi connectivity index (χ1v) is 17.1. The molecule has 1 heterocycles. The van der Waals surface area contributed by atoms with E-state index in [2.05, 4.69) is 38.1 Å². The summed E-state index contributed by atoms with van der Waals surface area (Å²) in [5.41, 5.74) is 17.4. The molecular formula is C34H57N9O7. The number of carboxylic acid groups (broad SMARTS) is 1. The van der Waals surface area contributed by atoms with Gasteiger partial charge in [-0.3, -0.25) is 29.0 Å². The monoisotopic (exact) mass is 703 g/mol. The second kappa shape index (κ2) is 23.9. The minimum absolute atomic E-state index is 0.0315. The Morgan fingerprint density at radius 2 is 1.22 bits per heavy atom. The fourth-order valence-corrected chi connectivity index (χ4v) is 4.94. The molecule has 1 aromatic heterocycles. The number of nitrogens with one attached hydrogen (secondary N) is 5. The van der Waals surface area contributed by atoms with Gasteiger partial charge in [-0.25, -0.2) is 4.79 Å². The van der Waals surface area contributed by atoms with Crippen LogP contribution in [0.25, 0.3) is 0 Å². The summed E-state index contributed by atoms with van der Waals surface area (Å²) in [7, 11) is 0. The van der Waals surface area contributed by atoms with Crippen LogP contribution in [0.3, 0.4) is 0 Å². The van der Waals surface area contributed by atoms with Crippen LogP contribution in [0.1, 0.15) is 77.8 Å². The smallest absolute Gasteiger partial charge is 0.326 e. The van der Waals surface area contributed by atoms with Crippen molar-refractivity contribution in [1.29, 1.82) is 0 Å². The van der Waals surface area contributed by atoms with Gasteiger partial charge >= 0.3 is 5.97 Å². The number of nitrogens with zero attached hydrogens (tertiary/aromatic N) is 1. The van der Waals surface area contributed by atoms with E-state index in [0.29, 0.717) is 44.5 Å². The standard InChI is InChI=1S/C34H57N9O7/c1-5-12-24(30(45)42-27(20-23-13-8-11-18-38-23)33(48)43-28(34(49)50)19-21(2)3)40-32(47)26(15-7-10-17-36)41-31(46)25(14-6-9-16-35)39-29(44)22(4)37/h5,8,11,13,18,21-22,24-28H,1,6-7,9-10,12,14-17,19-20,35-37H2,2-4H3,(H,39,44)(H,40,47)(H,41,46)(H,42,45)(H,43,48)(H,49,50)/t22-,24-,25-,26-,27-,28-/m0/s1. The average Bonchev–Trinajstić information content (AvgIpc) is 3.06. The summed E-state index contributed by atoms with van der Waals surface area (Å²) in [6.07, 6.45) is 5.66. The van der Waals surface area contributed by atoms with Gasteiger partial charge in [0.15, 0.2) is 0 Å². The number of aromatic nitrogens is 1. The number of nitrogens with two attached hydrogens (primary N) is 3. The molecule has 0 fully saturated rings. The Labute approximate surface area is 294 Å². The zero-order valence-electron chi connectivity index (χ0n) is 29.5. The van der Waals surface area contributed by atoms with E-state index >= 15 is 0 Å². The van der Waals surface area contributed by atoms with Crippen molar-refractivity contribution in [3.05, 3.63) is 42.7 Å². The SMILES string of the molecule is C=CC[C@H](NC(=O)[C@H](CCCCN)NC(=O)[C@H](CCCCN)NC(=O)[C@H](C)N)C(=O)N[C@@H](Cc1ccccn1)C(=O)N[C@@H](CC(C)C)C(=O)O. The molecule has 16 heteroatoms. The van der Waals surface area contributed by atoms with Crippen LogP contribution in [-0.2, 0) is 35.2 Å². The highest BCUT2D eigenvalue weighted by atomic mass is 16.4. The number of hydrogen-bond acceptors (Lipinski definition) is 10. The summed E-state index contributed by atoms with van der Waals surface area (Å²) in [6.45, 7) is 9.57. The summed E-state index contributed by atoms with van der Waals surface area (Å²) in [5, 5.41) is 22.8. The summed E-state index contributed by atoms with van der Waals surface area (Å²) >= 11 is 0. The molecule has 6 atom stereocenters. The fraction of sp³-hybridized carbons (Fsp3) is 0.618. The molecule has 0 bridgehead atoms. The van der Waals surface area contributed by atoms with E-state index in [1.807, 2.05) is 13.8 Å². The largest absolute Gasteiger partial charge is 0.480 e. The van der Waals surface area contributed by atoms with E-state index in [-0.39, 0.29) is 38.0 Å². The molecule has 12 N–H and O–H groups in total. The van der Waals surface area contributed by atoms with Crippen LogP contribution in [0.5, 0.6) is 0 Å². The first kappa shape index (κ1) is 43.6. The number of hydrogen-bond donors (Lipinski definition) is 9. The van der Waals surface area contributed by atoms with E-state index in [9.17, 15) is 33.9 Å². The van der Waals surface area contributed by atoms with Crippen molar-refractivity contribution in [2.75, 3.05) is 13.1 Å². The molecule has 16 nitrogen and oxygen atoms in total. The average molecular weight is 704 g/mol. The zero-order chi connectivity index (χ0) is 37.6. The second-order valence-electron chi connectivity index (χ2n) is 12.7. The minimum atomic E-state index is -1.24. The van der Waals surface area contributed by atoms with Crippen LogP contribution >= 0.6 is 0 Å². The third-order valence-corrected chi connectivity index (χ3v) is 7.70. The molecule has 0 unspecified atom stereocenters. The Morgan fingerprint density at radius 3 is 1.68 bits per heavy atom. The topological polar surface area (TPSA) is 274 Å². The molecule has 0 aromatic carbocycles. The van der Waals surface area contributed by atoms with Gasteiger partial charge in [0.05, 0.1) is 6.04 Å². The second-order valence-corrected chi connectivity index (χ2v) is 12.7. The molecule has 1 rings (SSSR count). The maximum atomic E-state index is 13.7. The third-order valence-electron chi connectivity index (χ3n) is 7.70. The summed E-state index contributed by atoms with van der Waals surface area (Å²) in [5.74, 6) is -4.53. The molecular weight excluding hydrogens is 646 g/mol. The first-order valence-electron chi connectivity index (χ1n) is 17.1. The van der Waals surface area contributed by atoms with Crippen molar-refractivity contribution in [2.45, 2.75) is 115 Å². The molecule has 1 aromatic rings. The van der Waals surface area contributed by atoms with E-state index in [4.69, 9.17) is 17.2 Å². The first-order chi connectivity index (χ1) is 23.7. The van der Waals surface area contributed by atoms with Crippen LogP contribution in [-0.4, -0.2) is 94.9 Å². The van der Waals surface area contributed by atoms with Crippen LogP contribution in [0.4, 0.5) is 0 Å². The Balaban J connectivity index is 3.26. The molecule has 0 aliphatic heterocycles. The lowest BCUT2D eigenvalue weighted by atomic mass is 10.0. The number of aliphatic carboxylic acids is 1. The van der Waals surface area contributed by atoms with Crippen molar-refractivity contribution < 1.29 is 33.9 Å². The number of carboxylic acids is 1. The summed E-state index contributed by atoms with van der Waals surface area (Å²) in [4.78, 5) is 82.6. The highest BCUT2D eigenvalue weighted by Crippen LogP contribution is 2.09. The molecule has 0 saturated heterocycles. The minimum Gasteiger partial charge on any atom is -0.480 e. The maximum Gasteiger partial charge on any atom is 0.326 e. The van der Waals surface area contributed by atoms with Gasteiger partial charge in [-0.15, -0.1) is 6.58 Å². The van der Waals surface area contributed by atoms with Gasteiger partial charge in [0.2, 0.25) is 29.5 Å². The molecule has 0 saturated carbocycles. The molecule has 0 spiro atoms. The molecule has 50 heavy (non-hydrogen) atoms. The van der Waals surface area contributed by atoms with Crippen molar-refractivity contribution in [3.8, 4) is 0 Å². The fourth-order valence-electron chi connectivity index (χ4n) is 4.94. The van der Waals surface area contributed by atoms with Gasteiger partial charge in [-0.2, -0.15) is 0 Å². The quantitative estimate of drug-likeness (QED) is 0.0456. The Kier molecular flexibility index (Phi) is 20.8. The van der Waals surface area contributed by atoms with Crippen molar-refractivity contribution >= 4 is 35.5 Å². The van der Waals surface area contributed by atoms with Crippen molar-refractivity contribution in [3.63, 3.8) is 0 Å². The number of unbranched alkanes of at least 4 members (excludes halogenated alkanes) is 2. The van der Waals surface area contributed by atoms with Crippen LogP contribution in [0.2, 0.25) is 0 Å². The molecule has 0 radical (unpaired) electrons. The van der Waals surface area contributed by atoms with Crippen LogP contribution in [0.15, 0.2) is 37.1 Å². The highest BCUT2D eigenvalue weighted by molar-refractivity contribution is 5.96. The normalized spacial score (nSPS) is 14.6. The van der Waals surface area contributed by atoms with Gasteiger partial charge in [-0.05, 0) is 89.4 Å². The number of carbonyl (C=O) groups is 6. The predicted molar refractivity (Wildman–Crippen MR) is 189 cm³/mol. The van der Waals surface area contributed by atoms with E-state index in [0.717, 1.165) is 0 Å². The third kappa shape index (κ3) is 16.8. The maximum absolute atomic E-state index is 13.7. The van der Waals surface area contributed by atoms with E-state index < -0.39 is 71.8 Å². The Bertz CT molecular complexity index is 1250. The van der Waals surface area contributed by atoms with Gasteiger partial charge in [0, 0.05) is 18.3 Å². The lowest BCUT2D eigenvalue weighted by Crippen LogP contribution is -2.59. The van der Waals surface area contributed by atoms with E-state index in [1.165, 1.54) is 19.2 Å². The lowest BCUT2D eigenvalue weighted by molar-refractivity contribution is -0.142. The van der Waals surface area contributed by atoms with Crippen LogP contribution in [0, 0.1) is 5.92 Å². The number of pyridine rings is 1. The number of carbonyl (C=O) groups excluding carboxylic acids is 5. The molecule has 280 valence electrons. The lowest BCUT2D eigenvalue weighted by Gasteiger charge is -2.27. The Morgan fingerprint density at radius 1 is 0.740 bits per heavy atom.